The van der Waals surface area contributed by atoms with Crippen LogP contribution in [-0.4, -0.2) is 49.6 Å². The third-order valence-corrected chi connectivity index (χ3v) is 8.03. The average Bonchev–Trinajstić information content (AvgIpc) is 3.84. The van der Waals surface area contributed by atoms with Gasteiger partial charge >= 0.3 is 11.9 Å². The second-order valence-electron chi connectivity index (χ2n) is 11.4. The number of esters is 2. The second kappa shape index (κ2) is 21.7. The molecule has 2 fully saturated rings. The maximum atomic E-state index is 11.8. The van der Waals surface area contributed by atoms with Crippen molar-refractivity contribution >= 4 is 11.9 Å². The molecule has 0 aromatic carbocycles. The van der Waals surface area contributed by atoms with Crippen LogP contribution in [0.25, 0.3) is 0 Å². The predicted octanol–water partition coefficient (Wildman–Crippen LogP) is 8.23. The molecule has 0 N–H and O–H groups in total. The number of rotatable bonds is 27. The Balaban J connectivity index is 1.22. The minimum Gasteiger partial charge on any atom is -0.462 e. The van der Waals surface area contributed by atoms with E-state index in [1.807, 2.05) is 0 Å². The lowest BCUT2D eigenvalue weighted by Crippen LogP contribution is -2.13. The van der Waals surface area contributed by atoms with Gasteiger partial charge in [-0.3, -0.25) is 9.59 Å². The Bertz CT molecular complexity index is 557. The van der Waals surface area contributed by atoms with Gasteiger partial charge in [-0.1, -0.05) is 104 Å². The van der Waals surface area contributed by atoms with E-state index in [1.165, 1.54) is 89.9 Å². The van der Waals surface area contributed by atoms with Gasteiger partial charge in [0.15, 0.2) is 0 Å². The normalized spacial score (nSPS) is 21.8. The number of carbonyl (C=O) groups is 2. The van der Waals surface area contributed by atoms with Crippen molar-refractivity contribution < 1.29 is 28.5 Å². The molecule has 0 amide bonds. The van der Waals surface area contributed by atoms with Crippen LogP contribution >= 0.6 is 0 Å². The molecule has 2 aliphatic rings. The van der Waals surface area contributed by atoms with Crippen LogP contribution in [0.2, 0.25) is 0 Å². The molecule has 2 aliphatic heterocycles. The summed E-state index contributed by atoms with van der Waals surface area (Å²) in [5.41, 5.74) is 0. The first-order chi connectivity index (χ1) is 18.6. The first-order valence-electron chi connectivity index (χ1n) is 16.3. The molecule has 0 aromatic heterocycles. The van der Waals surface area contributed by atoms with Crippen LogP contribution in [0, 0.1) is 0 Å². The third kappa shape index (κ3) is 17.4. The predicted molar refractivity (Wildman–Crippen MR) is 152 cm³/mol. The van der Waals surface area contributed by atoms with E-state index >= 15 is 0 Å². The van der Waals surface area contributed by atoms with Crippen molar-refractivity contribution in [2.45, 2.75) is 180 Å². The van der Waals surface area contributed by atoms with Crippen molar-refractivity contribution in [2.75, 3.05) is 13.2 Å². The first kappa shape index (κ1) is 33.1. The SMILES string of the molecule is CCC1OC1CCCCCCCCCCC(=O)OCCOC(=O)CCCCCCCCCCC1OC1CC. The fraction of sp³-hybridized carbons (Fsp3) is 0.938. The zero-order chi connectivity index (χ0) is 27.3. The molecule has 0 radical (unpaired) electrons. The molecule has 0 bridgehead atoms. The molecule has 0 saturated carbocycles. The van der Waals surface area contributed by atoms with Crippen LogP contribution in [0.4, 0.5) is 0 Å². The average molecular weight is 539 g/mol. The van der Waals surface area contributed by atoms with Crippen LogP contribution in [0.15, 0.2) is 0 Å². The quantitative estimate of drug-likeness (QED) is 0.0595. The summed E-state index contributed by atoms with van der Waals surface area (Å²) in [6.07, 6.45) is 27.1. The van der Waals surface area contributed by atoms with E-state index in [-0.39, 0.29) is 25.2 Å². The molecule has 4 unspecified atom stereocenters. The molecule has 2 rings (SSSR count). The van der Waals surface area contributed by atoms with Crippen LogP contribution in [0.3, 0.4) is 0 Å². The highest BCUT2D eigenvalue weighted by Crippen LogP contribution is 2.30. The summed E-state index contributed by atoms with van der Waals surface area (Å²) < 4.78 is 21.6. The zero-order valence-corrected chi connectivity index (χ0v) is 24.7. The molecule has 6 heteroatoms. The topological polar surface area (TPSA) is 77.7 Å². The number of hydrogen-bond donors (Lipinski definition) is 0. The minimum atomic E-state index is -0.181. The van der Waals surface area contributed by atoms with Crippen LogP contribution in [0.1, 0.15) is 155 Å². The molecular weight excluding hydrogens is 480 g/mol. The number of ether oxygens (including phenoxy) is 4. The monoisotopic (exact) mass is 538 g/mol. The Labute approximate surface area is 233 Å². The van der Waals surface area contributed by atoms with E-state index in [1.54, 1.807) is 0 Å². The smallest absolute Gasteiger partial charge is 0.305 e. The molecule has 2 saturated heterocycles. The molecule has 38 heavy (non-hydrogen) atoms. The lowest BCUT2D eigenvalue weighted by Gasteiger charge is -2.07. The molecule has 222 valence electrons. The molecule has 0 aromatic rings. The highest BCUT2D eigenvalue weighted by molar-refractivity contribution is 5.70. The van der Waals surface area contributed by atoms with E-state index in [0.717, 1.165) is 38.5 Å². The van der Waals surface area contributed by atoms with Crippen LogP contribution in [0.5, 0.6) is 0 Å². The number of carbonyl (C=O) groups excluding carboxylic acids is 2. The van der Waals surface area contributed by atoms with Gasteiger partial charge in [-0.2, -0.15) is 0 Å². The Kier molecular flexibility index (Phi) is 18.8. The summed E-state index contributed by atoms with van der Waals surface area (Å²) in [6.45, 7) is 4.73. The van der Waals surface area contributed by atoms with Crippen molar-refractivity contribution in [1.82, 2.24) is 0 Å². The standard InChI is InChI=1S/C32H58O6/c1-3-27-29(37-27)21-17-13-9-5-7-11-15-19-23-31(33)35-25-26-36-32(34)24-20-16-12-8-6-10-14-18-22-30-28(4-2)38-30/h27-30H,3-26H2,1-2H3. The van der Waals surface area contributed by atoms with Crippen LogP contribution in [-0.2, 0) is 28.5 Å². The minimum absolute atomic E-state index is 0.168. The molecule has 0 aliphatic carbocycles. The van der Waals surface area contributed by atoms with E-state index in [9.17, 15) is 9.59 Å². The summed E-state index contributed by atoms with van der Waals surface area (Å²) >= 11 is 0. The summed E-state index contributed by atoms with van der Waals surface area (Å²) in [5.74, 6) is -0.362. The molecular formula is C32H58O6. The van der Waals surface area contributed by atoms with E-state index in [0.29, 0.717) is 37.3 Å². The Morgan fingerprint density at radius 3 is 1.11 bits per heavy atom. The number of hydrogen-bond acceptors (Lipinski definition) is 6. The van der Waals surface area contributed by atoms with Crippen molar-refractivity contribution in [2.24, 2.45) is 0 Å². The van der Waals surface area contributed by atoms with Gasteiger partial charge in [-0.05, 0) is 38.5 Å². The molecule has 6 nitrogen and oxygen atoms in total. The lowest BCUT2D eigenvalue weighted by atomic mass is 10.0. The van der Waals surface area contributed by atoms with Gasteiger partial charge in [0, 0.05) is 12.8 Å². The van der Waals surface area contributed by atoms with Gasteiger partial charge in [0.2, 0.25) is 0 Å². The van der Waals surface area contributed by atoms with E-state index < -0.39 is 0 Å². The fourth-order valence-electron chi connectivity index (χ4n) is 5.39. The zero-order valence-electron chi connectivity index (χ0n) is 24.7. The maximum Gasteiger partial charge on any atom is 0.305 e. The Morgan fingerprint density at radius 1 is 0.474 bits per heavy atom. The van der Waals surface area contributed by atoms with Crippen molar-refractivity contribution in [3.05, 3.63) is 0 Å². The molecule has 2 heterocycles. The number of epoxide rings is 2. The van der Waals surface area contributed by atoms with Crippen molar-refractivity contribution in [3.8, 4) is 0 Å². The lowest BCUT2D eigenvalue weighted by molar-refractivity contribution is -0.152. The van der Waals surface area contributed by atoms with Gasteiger partial charge in [0.05, 0.1) is 24.4 Å². The van der Waals surface area contributed by atoms with Gasteiger partial charge in [0.1, 0.15) is 13.2 Å². The Morgan fingerprint density at radius 2 is 0.789 bits per heavy atom. The first-order valence-corrected chi connectivity index (χ1v) is 16.3. The molecule has 4 atom stereocenters. The summed E-state index contributed by atoms with van der Waals surface area (Å²) in [5, 5.41) is 0. The van der Waals surface area contributed by atoms with Crippen LogP contribution < -0.4 is 0 Å². The highest BCUT2D eigenvalue weighted by Gasteiger charge is 2.36. The highest BCUT2D eigenvalue weighted by atomic mass is 16.6. The molecule has 0 spiro atoms. The summed E-state index contributed by atoms with van der Waals surface area (Å²) in [4.78, 5) is 23.7. The van der Waals surface area contributed by atoms with Gasteiger partial charge in [-0.25, -0.2) is 0 Å². The fourth-order valence-corrected chi connectivity index (χ4v) is 5.39. The second-order valence-corrected chi connectivity index (χ2v) is 11.4. The third-order valence-electron chi connectivity index (χ3n) is 8.03. The van der Waals surface area contributed by atoms with Gasteiger partial charge in [-0.15, -0.1) is 0 Å². The number of unbranched alkanes of at least 4 members (excludes halogenated alkanes) is 14. The van der Waals surface area contributed by atoms with Crippen molar-refractivity contribution in [3.63, 3.8) is 0 Å². The summed E-state index contributed by atoms with van der Waals surface area (Å²) in [6, 6.07) is 0. The van der Waals surface area contributed by atoms with E-state index in [4.69, 9.17) is 18.9 Å². The van der Waals surface area contributed by atoms with Crippen molar-refractivity contribution in [1.29, 1.82) is 0 Å². The van der Waals surface area contributed by atoms with Gasteiger partial charge in [0.25, 0.3) is 0 Å². The van der Waals surface area contributed by atoms with E-state index in [2.05, 4.69) is 13.8 Å². The maximum absolute atomic E-state index is 11.8. The van der Waals surface area contributed by atoms with Gasteiger partial charge < -0.3 is 18.9 Å². The summed E-state index contributed by atoms with van der Waals surface area (Å²) in [7, 11) is 0. The largest absolute Gasteiger partial charge is 0.462 e. The Hall–Kier alpha value is -1.14.